The average molecular weight is 291 g/mol. The van der Waals surface area contributed by atoms with Crippen molar-refractivity contribution in [3.63, 3.8) is 0 Å². The molecule has 7 heteroatoms. The van der Waals surface area contributed by atoms with Crippen molar-refractivity contribution in [2.24, 2.45) is 5.92 Å². The first-order chi connectivity index (χ1) is 10.1. The molecule has 0 unspecified atom stereocenters. The molecular weight excluding hydrogens is 274 g/mol. The third-order valence-corrected chi connectivity index (χ3v) is 3.57. The van der Waals surface area contributed by atoms with Crippen molar-refractivity contribution in [3.8, 4) is 0 Å². The molecule has 1 aromatic rings. The number of nitrogens with zero attached hydrogens (tertiary/aromatic N) is 2. The van der Waals surface area contributed by atoms with Crippen molar-refractivity contribution in [1.29, 1.82) is 0 Å². The number of nitrogens with one attached hydrogen (secondary N) is 1. The minimum absolute atomic E-state index is 0.0829. The molecule has 1 N–H and O–H groups in total. The number of nitro groups is 1. The summed E-state index contributed by atoms with van der Waals surface area (Å²) in [5, 5.41) is 13.4. The van der Waals surface area contributed by atoms with Crippen molar-refractivity contribution in [3.05, 3.63) is 34.4 Å². The number of carbonyl (C=O) groups excluding carboxylic acids is 2. The molecule has 2 rings (SSSR count). The molecular formula is C14H17N3O4. The second-order valence-corrected chi connectivity index (χ2v) is 5.07. The van der Waals surface area contributed by atoms with Gasteiger partial charge in [-0.1, -0.05) is 12.1 Å². The van der Waals surface area contributed by atoms with E-state index in [0.717, 1.165) is 19.1 Å². The van der Waals surface area contributed by atoms with Crippen LogP contribution in [0.1, 0.15) is 12.8 Å². The Kier molecular flexibility index (Phi) is 4.99. The summed E-state index contributed by atoms with van der Waals surface area (Å²) >= 11 is 0. The summed E-state index contributed by atoms with van der Waals surface area (Å²) in [6.45, 7) is 1.55. The number of benzene rings is 1. The molecule has 1 aliphatic rings. The maximum atomic E-state index is 12.0. The summed E-state index contributed by atoms with van der Waals surface area (Å²) in [6, 6.07) is 6.05. The van der Waals surface area contributed by atoms with Crippen LogP contribution in [0.3, 0.4) is 0 Å². The first-order valence-corrected chi connectivity index (χ1v) is 6.81. The maximum Gasteiger partial charge on any atom is 0.292 e. The molecule has 1 aliphatic heterocycles. The highest BCUT2D eigenvalue weighted by atomic mass is 16.6. The van der Waals surface area contributed by atoms with E-state index in [4.69, 9.17) is 0 Å². The minimum Gasteiger partial charge on any atom is -0.319 e. The Morgan fingerprint density at radius 3 is 2.67 bits per heavy atom. The first-order valence-electron chi connectivity index (χ1n) is 6.81. The molecule has 1 fully saturated rings. The molecule has 1 amide bonds. The van der Waals surface area contributed by atoms with Crippen molar-refractivity contribution < 1.29 is 14.5 Å². The number of anilines is 1. The third-order valence-electron chi connectivity index (χ3n) is 3.57. The van der Waals surface area contributed by atoms with E-state index in [9.17, 15) is 19.7 Å². The standard InChI is InChI=1S/C14H17N3O4/c18-10-11-5-7-16(8-6-11)9-14(19)15-12-3-1-2-4-13(12)17(20)21/h1-4,10-11H,5-9H2,(H,15,19). The van der Waals surface area contributed by atoms with Gasteiger partial charge in [0, 0.05) is 12.0 Å². The van der Waals surface area contributed by atoms with E-state index in [1.54, 1.807) is 12.1 Å². The predicted octanol–water partition coefficient (Wildman–Crippen LogP) is 1.44. The molecule has 0 aliphatic carbocycles. The van der Waals surface area contributed by atoms with Crippen LogP contribution in [0.25, 0.3) is 0 Å². The Labute approximate surface area is 122 Å². The zero-order valence-corrected chi connectivity index (χ0v) is 11.5. The lowest BCUT2D eigenvalue weighted by Gasteiger charge is -2.28. The highest BCUT2D eigenvalue weighted by Crippen LogP contribution is 2.23. The summed E-state index contributed by atoms with van der Waals surface area (Å²) in [5.74, 6) is -0.201. The fourth-order valence-electron chi connectivity index (χ4n) is 2.38. The van der Waals surface area contributed by atoms with E-state index in [2.05, 4.69) is 5.32 Å². The normalized spacial score (nSPS) is 16.4. The van der Waals surface area contributed by atoms with Crippen molar-refractivity contribution in [1.82, 2.24) is 4.90 Å². The maximum absolute atomic E-state index is 12.0. The summed E-state index contributed by atoms with van der Waals surface area (Å²) in [7, 11) is 0. The van der Waals surface area contributed by atoms with Crippen LogP contribution in [0.4, 0.5) is 11.4 Å². The molecule has 1 saturated heterocycles. The molecule has 0 bridgehead atoms. The first kappa shape index (κ1) is 15.1. The third kappa shape index (κ3) is 4.09. The van der Waals surface area contributed by atoms with Crippen LogP contribution in [0.5, 0.6) is 0 Å². The second kappa shape index (κ2) is 6.94. The SMILES string of the molecule is O=CC1CCN(CC(=O)Nc2ccccc2[N+](=O)[O-])CC1. The van der Waals surface area contributed by atoms with E-state index >= 15 is 0 Å². The van der Waals surface area contributed by atoms with Gasteiger partial charge in [0.1, 0.15) is 12.0 Å². The van der Waals surface area contributed by atoms with E-state index < -0.39 is 4.92 Å². The number of aldehydes is 1. The summed E-state index contributed by atoms with van der Waals surface area (Å²) in [4.78, 5) is 34.9. The van der Waals surface area contributed by atoms with Crippen LogP contribution < -0.4 is 5.32 Å². The van der Waals surface area contributed by atoms with E-state index in [1.165, 1.54) is 12.1 Å². The Morgan fingerprint density at radius 2 is 2.05 bits per heavy atom. The molecule has 112 valence electrons. The number of piperidine rings is 1. The molecule has 0 spiro atoms. The Bertz CT molecular complexity index is 539. The quantitative estimate of drug-likeness (QED) is 0.503. The highest BCUT2D eigenvalue weighted by molar-refractivity contribution is 5.94. The summed E-state index contributed by atoms with van der Waals surface area (Å²) in [6.07, 6.45) is 2.47. The monoisotopic (exact) mass is 291 g/mol. The van der Waals surface area contributed by atoms with Crippen LogP contribution in [0.15, 0.2) is 24.3 Å². The van der Waals surface area contributed by atoms with Crippen molar-refractivity contribution in [2.75, 3.05) is 25.0 Å². The Balaban J connectivity index is 1.91. The van der Waals surface area contributed by atoms with Gasteiger partial charge < -0.3 is 10.1 Å². The van der Waals surface area contributed by atoms with Gasteiger partial charge in [-0.25, -0.2) is 0 Å². The molecule has 7 nitrogen and oxygen atoms in total. The lowest BCUT2D eigenvalue weighted by atomic mass is 9.99. The lowest BCUT2D eigenvalue weighted by molar-refractivity contribution is -0.383. The topological polar surface area (TPSA) is 92.6 Å². The number of nitro benzene ring substituents is 1. The number of likely N-dealkylation sites (tertiary alicyclic amines) is 1. The molecule has 0 aromatic heterocycles. The zero-order valence-electron chi connectivity index (χ0n) is 11.5. The lowest BCUT2D eigenvalue weighted by Crippen LogP contribution is -2.39. The fraction of sp³-hybridized carbons (Fsp3) is 0.429. The average Bonchev–Trinajstić information content (AvgIpc) is 2.48. The van der Waals surface area contributed by atoms with E-state index in [-0.39, 0.29) is 29.7 Å². The zero-order chi connectivity index (χ0) is 15.2. The van der Waals surface area contributed by atoms with Crippen LogP contribution in [-0.4, -0.2) is 41.7 Å². The van der Waals surface area contributed by atoms with Crippen LogP contribution in [-0.2, 0) is 9.59 Å². The summed E-state index contributed by atoms with van der Waals surface area (Å²) < 4.78 is 0. The highest BCUT2D eigenvalue weighted by Gasteiger charge is 2.21. The van der Waals surface area contributed by atoms with Crippen LogP contribution in [0.2, 0.25) is 0 Å². The number of carbonyl (C=O) groups is 2. The predicted molar refractivity (Wildman–Crippen MR) is 77.0 cm³/mol. The largest absolute Gasteiger partial charge is 0.319 e. The van der Waals surface area contributed by atoms with Gasteiger partial charge >= 0.3 is 0 Å². The Morgan fingerprint density at radius 1 is 1.38 bits per heavy atom. The number of rotatable bonds is 5. The van der Waals surface area contributed by atoms with Crippen LogP contribution >= 0.6 is 0 Å². The van der Waals surface area contributed by atoms with Gasteiger partial charge in [-0.2, -0.15) is 0 Å². The van der Waals surface area contributed by atoms with Gasteiger partial charge in [0.05, 0.1) is 11.5 Å². The van der Waals surface area contributed by atoms with E-state index in [0.29, 0.717) is 13.1 Å². The van der Waals surface area contributed by atoms with Gasteiger partial charge in [-0.05, 0) is 32.0 Å². The second-order valence-electron chi connectivity index (χ2n) is 5.07. The van der Waals surface area contributed by atoms with Crippen LogP contribution in [0, 0.1) is 16.0 Å². The number of hydrogen-bond donors (Lipinski definition) is 1. The number of para-hydroxylation sites is 2. The van der Waals surface area contributed by atoms with Gasteiger partial charge in [0.25, 0.3) is 5.69 Å². The fourth-order valence-corrected chi connectivity index (χ4v) is 2.38. The minimum atomic E-state index is -0.523. The molecule has 0 radical (unpaired) electrons. The van der Waals surface area contributed by atoms with Crippen molar-refractivity contribution >= 4 is 23.6 Å². The molecule has 0 atom stereocenters. The van der Waals surface area contributed by atoms with Gasteiger partial charge in [0.2, 0.25) is 5.91 Å². The van der Waals surface area contributed by atoms with Gasteiger partial charge in [-0.3, -0.25) is 19.8 Å². The number of amides is 1. The van der Waals surface area contributed by atoms with Crippen molar-refractivity contribution in [2.45, 2.75) is 12.8 Å². The summed E-state index contributed by atoms with van der Waals surface area (Å²) in [5.41, 5.74) is 0.0841. The van der Waals surface area contributed by atoms with Gasteiger partial charge in [-0.15, -0.1) is 0 Å². The molecule has 21 heavy (non-hydrogen) atoms. The molecule has 1 aromatic carbocycles. The smallest absolute Gasteiger partial charge is 0.292 e. The van der Waals surface area contributed by atoms with E-state index in [1.807, 2.05) is 4.90 Å². The molecule has 0 saturated carbocycles. The van der Waals surface area contributed by atoms with Gasteiger partial charge in [0.15, 0.2) is 0 Å². The molecule has 1 heterocycles. The Hall–Kier alpha value is -2.28. The number of hydrogen-bond acceptors (Lipinski definition) is 5.